The topological polar surface area (TPSA) is 109 Å². The van der Waals surface area contributed by atoms with Gasteiger partial charge in [0.05, 0.1) is 30.3 Å². The highest BCUT2D eigenvalue weighted by atomic mass is 16.3. The van der Waals surface area contributed by atoms with Crippen molar-refractivity contribution in [2.45, 2.75) is 19.3 Å². The number of rotatable bonds is 5. The van der Waals surface area contributed by atoms with Crippen LogP contribution in [0.2, 0.25) is 0 Å². The lowest BCUT2D eigenvalue weighted by Crippen LogP contribution is -1.98. The fraction of sp³-hybridized carbons (Fsp3) is 0.250. The molecule has 3 aromatic rings. The number of anilines is 1. The van der Waals surface area contributed by atoms with E-state index in [1.54, 1.807) is 12.5 Å². The summed E-state index contributed by atoms with van der Waals surface area (Å²) in [5.74, 6) is 1.31. The van der Waals surface area contributed by atoms with Crippen LogP contribution >= 0.6 is 0 Å². The van der Waals surface area contributed by atoms with Crippen LogP contribution in [0.3, 0.4) is 0 Å². The Kier molecular flexibility index (Phi) is 3.01. The standard InChI is InChI=1S/C12H14N6O/c13-12-14-7-8(15-12)3-4-10-11(17-18-16-10)6-9-2-1-5-19-9/h1-2,5,7H,3-4,6H2,(H3,13,14,15)(H,16,17,18). The van der Waals surface area contributed by atoms with E-state index in [0.717, 1.165) is 35.7 Å². The zero-order valence-electron chi connectivity index (χ0n) is 10.3. The van der Waals surface area contributed by atoms with Crippen LogP contribution in [0.4, 0.5) is 5.95 Å². The van der Waals surface area contributed by atoms with Gasteiger partial charge in [-0.3, -0.25) is 0 Å². The molecule has 19 heavy (non-hydrogen) atoms. The predicted molar refractivity (Wildman–Crippen MR) is 68.3 cm³/mol. The van der Waals surface area contributed by atoms with Gasteiger partial charge in [0, 0.05) is 5.69 Å². The van der Waals surface area contributed by atoms with Crippen molar-refractivity contribution in [3.05, 3.63) is 47.4 Å². The Morgan fingerprint density at radius 1 is 1.21 bits per heavy atom. The zero-order valence-corrected chi connectivity index (χ0v) is 10.3. The summed E-state index contributed by atoms with van der Waals surface area (Å²) in [4.78, 5) is 6.96. The molecule has 0 bridgehead atoms. The van der Waals surface area contributed by atoms with Gasteiger partial charge < -0.3 is 15.1 Å². The van der Waals surface area contributed by atoms with E-state index >= 15 is 0 Å². The molecule has 98 valence electrons. The molecule has 7 heteroatoms. The van der Waals surface area contributed by atoms with E-state index in [1.807, 2.05) is 12.1 Å². The summed E-state index contributed by atoms with van der Waals surface area (Å²) < 4.78 is 5.31. The van der Waals surface area contributed by atoms with Crippen molar-refractivity contribution >= 4 is 5.95 Å². The van der Waals surface area contributed by atoms with E-state index < -0.39 is 0 Å². The number of aromatic amines is 2. The Bertz CT molecular complexity index is 639. The second-order valence-electron chi connectivity index (χ2n) is 4.27. The van der Waals surface area contributed by atoms with Crippen molar-refractivity contribution in [3.8, 4) is 0 Å². The van der Waals surface area contributed by atoms with Crippen molar-refractivity contribution in [3.63, 3.8) is 0 Å². The molecule has 0 fully saturated rings. The van der Waals surface area contributed by atoms with Crippen LogP contribution in [-0.2, 0) is 19.3 Å². The van der Waals surface area contributed by atoms with Crippen molar-refractivity contribution in [1.82, 2.24) is 25.4 Å². The minimum absolute atomic E-state index is 0.436. The van der Waals surface area contributed by atoms with Crippen molar-refractivity contribution in [1.29, 1.82) is 0 Å². The molecule has 0 unspecified atom stereocenters. The molecule has 0 saturated carbocycles. The number of aryl methyl sites for hydroxylation is 2. The first-order chi connectivity index (χ1) is 9.31. The highest BCUT2D eigenvalue weighted by molar-refractivity contribution is 5.21. The lowest BCUT2D eigenvalue weighted by molar-refractivity contribution is 0.518. The quantitative estimate of drug-likeness (QED) is 0.634. The third-order valence-corrected chi connectivity index (χ3v) is 2.90. The van der Waals surface area contributed by atoms with Crippen LogP contribution in [-0.4, -0.2) is 25.4 Å². The third kappa shape index (κ3) is 2.65. The Morgan fingerprint density at radius 2 is 2.11 bits per heavy atom. The number of hydrogen-bond acceptors (Lipinski definition) is 5. The molecule has 3 aromatic heterocycles. The highest BCUT2D eigenvalue weighted by Gasteiger charge is 2.10. The highest BCUT2D eigenvalue weighted by Crippen LogP contribution is 2.12. The summed E-state index contributed by atoms with van der Waals surface area (Å²) in [7, 11) is 0. The largest absolute Gasteiger partial charge is 0.469 e. The monoisotopic (exact) mass is 258 g/mol. The van der Waals surface area contributed by atoms with E-state index in [4.69, 9.17) is 10.2 Å². The molecule has 0 saturated heterocycles. The van der Waals surface area contributed by atoms with Gasteiger partial charge in [0.15, 0.2) is 5.95 Å². The van der Waals surface area contributed by atoms with Gasteiger partial charge >= 0.3 is 0 Å². The van der Waals surface area contributed by atoms with Crippen LogP contribution < -0.4 is 5.73 Å². The zero-order chi connectivity index (χ0) is 13.1. The van der Waals surface area contributed by atoms with E-state index in [0.29, 0.717) is 12.4 Å². The fourth-order valence-corrected chi connectivity index (χ4v) is 1.95. The van der Waals surface area contributed by atoms with Crippen LogP contribution in [0.1, 0.15) is 22.8 Å². The SMILES string of the molecule is Nc1ncc(CCc2n[nH]nc2Cc2ccco2)[nH]1. The van der Waals surface area contributed by atoms with Gasteiger partial charge in [-0.25, -0.2) is 4.98 Å². The average molecular weight is 258 g/mol. The minimum atomic E-state index is 0.436. The van der Waals surface area contributed by atoms with E-state index in [1.165, 1.54) is 0 Å². The van der Waals surface area contributed by atoms with Crippen LogP contribution in [0.15, 0.2) is 29.0 Å². The number of nitrogens with zero attached hydrogens (tertiary/aromatic N) is 3. The Labute approximate surface area is 109 Å². The predicted octanol–water partition coefficient (Wildman–Crippen LogP) is 1.08. The maximum absolute atomic E-state index is 5.53. The van der Waals surface area contributed by atoms with Gasteiger partial charge in [-0.2, -0.15) is 15.4 Å². The Morgan fingerprint density at radius 3 is 2.84 bits per heavy atom. The number of H-pyrrole nitrogens is 2. The van der Waals surface area contributed by atoms with Gasteiger partial charge in [-0.05, 0) is 25.0 Å². The number of imidazole rings is 1. The molecule has 0 atom stereocenters. The first-order valence-corrected chi connectivity index (χ1v) is 6.01. The van der Waals surface area contributed by atoms with Gasteiger partial charge in [-0.1, -0.05) is 0 Å². The fourth-order valence-electron chi connectivity index (χ4n) is 1.95. The number of nitrogens with two attached hydrogens (primary N) is 1. The molecule has 4 N–H and O–H groups in total. The molecule has 3 rings (SSSR count). The molecule has 0 aromatic carbocycles. The molecule has 0 spiro atoms. The Hall–Kier alpha value is -2.57. The molecule has 0 aliphatic heterocycles. The molecule has 0 amide bonds. The molecule has 0 aliphatic carbocycles. The lowest BCUT2D eigenvalue weighted by Gasteiger charge is -1.98. The van der Waals surface area contributed by atoms with E-state index in [9.17, 15) is 0 Å². The summed E-state index contributed by atoms with van der Waals surface area (Å²) in [6, 6.07) is 3.79. The number of furan rings is 1. The number of aromatic nitrogens is 5. The first kappa shape index (κ1) is 11.5. The molecule has 0 radical (unpaired) electrons. The summed E-state index contributed by atoms with van der Waals surface area (Å²) in [5, 5.41) is 11.0. The molecular formula is C12H14N6O. The normalized spacial score (nSPS) is 10.9. The van der Waals surface area contributed by atoms with E-state index in [2.05, 4.69) is 25.4 Å². The van der Waals surface area contributed by atoms with Crippen molar-refractivity contribution in [2.24, 2.45) is 0 Å². The summed E-state index contributed by atoms with van der Waals surface area (Å²) in [6.45, 7) is 0. The lowest BCUT2D eigenvalue weighted by atomic mass is 10.1. The number of hydrogen-bond donors (Lipinski definition) is 3. The van der Waals surface area contributed by atoms with Gasteiger partial charge in [0.2, 0.25) is 0 Å². The maximum atomic E-state index is 5.53. The van der Waals surface area contributed by atoms with Gasteiger partial charge in [-0.15, -0.1) is 0 Å². The van der Waals surface area contributed by atoms with Crippen molar-refractivity contribution < 1.29 is 4.42 Å². The third-order valence-electron chi connectivity index (χ3n) is 2.90. The first-order valence-electron chi connectivity index (χ1n) is 6.01. The number of nitrogens with one attached hydrogen (secondary N) is 2. The molecule has 7 nitrogen and oxygen atoms in total. The number of nitrogen functional groups attached to an aromatic ring is 1. The smallest absolute Gasteiger partial charge is 0.197 e. The summed E-state index contributed by atoms with van der Waals surface area (Å²) >= 11 is 0. The van der Waals surface area contributed by atoms with Crippen LogP contribution in [0.25, 0.3) is 0 Å². The molecule has 0 aliphatic rings. The Balaban J connectivity index is 1.66. The second kappa shape index (κ2) is 4.97. The van der Waals surface area contributed by atoms with Gasteiger partial charge in [0.25, 0.3) is 0 Å². The van der Waals surface area contributed by atoms with Gasteiger partial charge in [0.1, 0.15) is 5.76 Å². The average Bonchev–Trinajstić information content (AvgIpc) is 3.10. The van der Waals surface area contributed by atoms with Crippen molar-refractivity contribution in [2.75, 3.05) is 5.73 Å². The second-order valence-corrected chi connectivity index (χ2v) is 4.27. The van der Waals surface area contributed by atoms with Crippen LogP contribution in [0.5, 0.6) is 0 Å². The minimum Gasteiger partial charge on any atom is -0.469 e. The molecule has 3 heterocycles. The molecular weight excluding hydrogens is 244 g/mol. The summed E-state index contributed by atoms with van der Waals surface area (Å²) in [6.07, 6.45) is 5.60. The van der Waals surface area contributed by atoms with Crippen LogP contribution in [0, 0.1) is 0 Å². The summed E-state index contributed by atoms with van der Waals surface area (Å²) in [5.41, 5.74) is 8.36. The maximum Gasteiger partial charge on any atom is 0.197 e. The van der Waals surface area contributed by atoms with E-state index in [-0.39, 0.29) is 0 Å².